The topological polar surface area (TPSA) is 98.2 Å². The summed E-state index contributed by atoms with van der Waals surface area (Å²) in [5, 5.41) is 3.92. The van der Waals surface area contributed by atoms with E-state index in [1.165, 1.54) is 12.3 Å². The zero-order chi connectivity index (χ0) is 21.4. The van der Waals surface area contributed by atoms with Crippen LogP contribution in [0.3, 0.4) is 0 Å². The fourth-order valence-corrected chi connectivity index (χ4v) is 3.44. The summed E-state index contributed by atoms with van der Waals surface area (Å²) < 4.78 is 43.2. The van der Waals surface area contributed by atoms with Crippen LogP contribution in [0.5, 0.6) is 11.6 Å². The number of rotatable bonds is 8. The van der Waals surface area contributed by atoms with Crippen molar-refractivity contribution in [1.29, 1.82) is 0 Å². The number of halogens is 1. The maximum absolute atomic E-state index is 14.5. The number of amides is 1. The molecule has 1 heterocycles. The van der Waals surface area contributed by atoms with Gasteiger partial charge in [0.2, 0.25) is 5.88 Å². The van der Waals surface area contributed by atoms with E-state index in [0.29, 0.717) is 18.6 Å². The number of nitrogens with zero attached hydrogens (tertiary/aromatic N) is 2. The first-order valence-corrected chi connectivity index (χ1v) is 11.7. The number of ether oxygens (including phenoxy) is 1. The number of nitrogens with one attached hydrogen (secondary N) is 1. The molecule has 1 N–H and O–H groups in total. The lowest BCUT2D eigenvalue weighted by Crippen LogP contribution is -2.35. The van der Waals surface area contributed by atoms with Crippen LogP contribution in [-0.2, 0) is 15.5 Å². The highest BCUT2D eigenvalue weighted by Gasteiger charge is 2.48. The third kappa shape index (κ3) is 5.02. The number of hydrogen-bond acceptors (Lipinski definition) is 6. The van der Waals surface area contributed by atoms with E-state index in [2.05, 4.69) is 15.3 Å². The van der Waals surface area contributed by atoms with E-state index in [9.17, 15) is 17.6 Å². The minimum Gasteiger partial charge on any atom is -0.438 e. The van der Waals surface area contributed by atoms with Gasteiger partial charge >= 0.3 is 0 Å². The van der Waals surface area contributed by atoms with Gasteiger partial charge in [-0.3, -0.25) is 4.79 Å². The standard InChI is InChI=1S/C21H22FN3O4S/c1-30(27,28)12-9-17(14-7-8-14)24-18(26)16-13-23-20(21(22)10-11-21)25-19(16)29-15-5-3-2-4-6-15/h2-6,9,12-14,17H,7-8,10-11H2,1H3,(H,24,26)/b12-9+. The van der Waals surface area contributed by atoms with Crippen LogP contribution in [0.25, 0.3) is 0 Å². The van der Waals surface area contributed by atoms with Gasteiger partial charge in [0.1, 0.15) is 11.3 Å². The number of sulfone groups is 1. The molecule has 158 valence electrons. The zero-order valence-corrected chi connectivity index (χ0v) is 17.2. The summed E-state index contributed by atoms with van der Waals surface area (Å²) in [4.78, 5) is 21.2. The number of para-hydroxylation sites is 1. The molecule has 0 bridgehead atoms. The smallest absolute Gasteiger partial charge is 0.258 e. The van der Waals surface area contributed by atoms with Crippen molar-refractivity contribution < 1.29 is 22.3 Å². The van der Waals surface area contributed by atoms with Crippen molar-refractivity contribution in [3.05, 3.63) is 59.4 Å². The lowest BCUT2D eigenvalue weighted by atomic mass is 10.1. The molecule has 2 aliphatic carbocycles. The Morgan fingerprint density at radius 3 is 2.60 bits per heavy atom. The highest BCUT2D eigenvalue weighted by molar-refractivity contribution is 7.93. The Balaban J connectivity index is 1.61. The maximum atomic E-state index is 14.5. The Labute approximate surface area is 174 Å². The fourth-order valence-electron chi connectivity index (χ4n) is 2.98. The van der Waals surface area contributed by atoms with Gasteiger partial charge in [-0.05, 0) is 43.7 Å². The first-order chi connectivity index (χ1) is 14.2. The minimum absolute atomic E-state index is 0.000645. The lowest BCUT2D eigenvalue weighted by Gasteiger charge is -2.16. The second-order valence-electron chi connectivity index (χ2n) is 7.79. The van der Waals surface area contributed by atoms with E-state index >= 15 is 0 Å². The molecule has 7 nitrogen and oxygen atoms in total. The molecule has 0 radical (unpaired) electrons. The molecule has 9 heteroatoms. The van der Waals surface area contributed by atoms with E-state index < -0.39 is 27.5 Å². The third-order valence-corrected chi connectivity index (χ3v) is 5.66. The Hall–Kier alpha value is -2.81. The molecular weight excluding hydrogens is 409 g/mol. The normalized spacial score (nSPS) is 18.7. The number of hydrogen-bond donors (Lipinski definition) is 1. The zero-order valence-electron chi connectivity index (χ0n) is 16.4. The lowest BCUT2D eigenvalue weighted by molar-refractivity contribution is 0.0937. The Bertz CT molecular complexity index is 1080. The van der Waals surface area contributed by atoms with Crippen molar-refractivity contribution in [1.82, 2.24) is 15.3 Å². The quantitative estimate of drug-likeness (QED) is 0.689. The van der Waals surface area contributed by atoms with Crippen molar-refractivity contribution in [2.75, 3.05) is 6.26 Å². The van der Waals surface area contributed by atoms with Gasteiger partial charge in [-0.15, -0.1) is 0 Å². The molecule has 1 atom stereocenters. The molecule has 0 spiro atoms. The number of aromatic nitrogens is 2. The molecule has 1 aromatic carbocycles. The third-order valence-electron chi connectivity index (χ3n) is 5.01. The molecule has 30 heavy (non-hydrogen) atoms. The Morgan fingerprint density at radius 2 is 2.00 bits per heavy atom. The van der Waals surface area contributed by atoms with Gasteiger partial charge in [0, 0.05) is 17.9 Å². The predicted molar refractivity (Wildman–Crippen MR) is 109 cm³/mol. The van der Waals surface area contributed by atoms with E-state index in [4.69, 9.17) is 4.74 Å². The predicted octanol–water partition coefficient (Wildman–Crippen LogP) is 3.29. The van der Waals surface area contributed by atoms with E-state index in [1.54, 1.807) is 24.3 Å². The van der Waals surface area contributed by atoms with Crippen LogP contribution >= 0.6 is 0 Å². The summed E-state index contributed by atoms with van der Waals surface area (Å²) in [5.74, 6) is 0.0861. The first-order valence-electron chi connectivity index (χ1n) is 9.72. The van der Waals surface area contributed by atoms with Gasteiger partial charge in [-0.2, -0.15) is 4.98 Å². The largest absolute Gasteiger partial charge is 0.438 e. The van der Waals surface area contributed by atoms with Gasteiger partial charge in [-0.25, -0.2) is 17.8 Å². The summed E-state index contributed by atoms with van der Waals surface area (Å²) in [7, 11) is -3.31. The van der Waals surface area contributed by atoms with E-state index in [1.807, 2.05) is 6.07 Å². The van der Waals surface area contributed by atoms with Crippen LogP contribution in [0.15, 0.2) is 48.0 Å². The Morgan fingerprint density at radius 1 is 1.30 bits per heavy atom. The van der Waals surface area contributed by atoms with Gasteiger partial charge < -0.3 is 10.1 Å². The van der Waals surface area contributed by atoms with Crippen molar-refractivity contribution in [2.24, 2.45) is 5.92 Å². The summed E-state index contributed by atoms with van der Waals surface area (Å²) >= 11 is 0. The monoisotopic (exact) mass is 431 g/mol. The molecule has 2 saturated carbocycles. The maximum Gasteiger partial charge on any atom is 0.258 e. The molecule has 4 rings (SSSR count). The molecule has 2 aliphatic rings. The molecule has 2 aromatic rings. The van der Waals surface area contributed by atoms with Gasteiger partial charge in [0.05, 0.1) is 6.04 Å². The average Bonchev–Trinajstić information content (AvgIpc) is 3.62. The number of carbonyl (C=O) groups is 1. The number of alkyl halides is 1. The summed E-state index contributed by atoms with van der Waals surface area (Å²) in [5.41, 5.74) is -1.51. The van der Waals surface area contributed by atoms with Gasteiger partial charge in [-0.1, -0.05) is 24.3 Å². The summed E-state index contributed by atoms with van der Waals surface area (Å²) in [6, 6.07) is 8.33. The Kier molecular flexibility index (Phi) is 5.31. The second-order valence-corrected chi connectivity index (χ2v) is 9.72. The molecular formula is C21H22FN3O4S. The van der Waals surface area contributed by atoms with Crippen LogP contribution in [0.1, 0.15) is 41.9 Å². The minimum atomic E-state index is -3.31. The van der Waals surface area contributed by atoms with Crippen molar-refractivity contribution >= 4 is 15.7 Å². The van der Waals surface area contributed by atoms with Crippen molar-refractivity contribution in [3.63, 3.8) is 0 Å². The second kappa shape index (κ2) is 7.79. The summed E-state index contributed by atoms with van der Waals surface area (Å²) in [6.45, 7) is 0. The SMILES string of the molecule is CS(=O)(=O)/C=C/C(NC(=O)c1cnc(C2(F)CC2)nc1Oc1ccccc1)C1CC1. The van der Waals surface area contributed by atoms with Crippen molar-refractivity contribution in [2.45, 2.75) is 37.4 Å². The van der Waals surface area contributed by atoms with Crippen LogP contribution < -0.4 is 10.1 Å². The van der Waals surface area contributed by atoms with Crippen LogP contribution in [0.2, 0.25) is 0 Å². The van der Waals surface area contributed by atoms with E-state index in [-0.39, 0.29) is 23.2 Å². The average molecular weight is 431 g/mol. The number of benzene rings is 1. The first kappa shape index (κ1) is 20.5. The molecule has 1 amide bonds. The van der Waals surface area contributed by atoms with Crippen LogP contribution in [0, 0.1) is 5.92 Å². The van der Waals surface area contributed by atoms with Crippen molar-refractivity contribution in [3.8, 4) is 11.6 Å². The fraction of sp³-hybridized carbons (Fsp3) is 0.381. The molecule has 0 saturated heterocycles. The van der Waals surface area contributed by atoms with Gasteiger partial charge in [0.25, 0.3) is 5.91 Å². The van der Waals surface area contributed by atoms with Gasteiger partial charge in [0.15, 0.2) is 21.3 Å². The van der Waals surface area contributed by atoms with Crippen LogP contribution in [0.4, 0.5) is 4.39 Å². The molecule has 0 aliphatic heterocycles. The number of carbonyl (C=O) groups excluding carboxylic acids is 1. The molecule has 2 fully saturated rings. The molecule has 1 unspecified atom stereocenters. The summed E-state index contributed by atoms with van der Waals surface area (Å²) in [6.07, 6.45) is 6.31. The highest BCUT2D eigenvalue weighted by Crippen LogP contribution is 2.48. The van der Waals surface area contributed by atoms with Crippen LogP contribution in [-0.4, -0.2) is 36.6 Å². The van der Waals surface area contributed by atoms with E-state index in [0.717, 1.165) is 24.5 Å². The molecule has 1 aromatic heterocycles. The highest BCUT2D eigenvalue weighted by atomic mass is 32.2.